The lowest BCUT2D eigenvalue weighted by atomic mass is 9.99. The molecule has 1 saturated heterocycles. The van der Waals surface area contributed by atoms with Gasteiger partial charge in [0, 0.05) is 13.6 Å². The molecular formula is C11H17N3O. The topological polar surface area (TPSA) is 58.4 Å². The standard InChI is InChI=1S/C11H17N3O/c1-7-3-4-10-9(5-7)13-6-8(12)11(15)14(10)2/h4-5,7-8,13H,3,6,12H2,1-2H3/t7?,8-/m0/s1. The zero-order chi connectivity index (χ0) is 11.0. The minimum Gasteiger partial charge on any atom is -0.382 e. The summed E-state index contributed by atoms with van der Waals surface area (Å²) in [6, 6.07) is -0.447. The van der Waals surface area contributed by atoms with E-state index in [9.17, 15) is 4.79 Å². The summed E-state index contributed by atoms with van der Waals surface area (Å²) >= 11 is 0. The first-order valence-electron chi connectivity index (χ1n) is 5.29. The van der Waals surface area contributed by atoms with Gasteiger partial charge in [0.2, 0.25) is 5.91 Å². The molecule has 0 aromatic heterocycles. The van der Waals surface area contributed by atoms with Gasteiger partial charge in [0.25, 0.3) is 0 Å². The summed E-state index contributed by atoms with van der Waals surface area (Å²) < 4.78 is 0. The van der Waals surface area contributed by atoms with Crippen molar-refractivity contribution in [3.8, 4) is 0 Å². The number of allylic oxidation sites excluding steroid dienone is 2. The molecule has 0 saturated carbocycles. The third kappa shape index (κ3) is 1.77. The fourth-order valence-electron chi connectivity index (χ4n) is 1.99. The lowest BCUT2D eigenvalue weighted by Gasteiger charge is -2.24. The third-order valence-electron chi connectivity index (χ3n) is 2.93. The zero-order valence-corrected chi connectivity index (χ0v) is 9.16. The fourth-order valence-corrected chi connectivity index (χ4v) is 1.99. The van der Waals surface area contributed by atoms with Gasteiger partial charge in [-0.05, 0) is 12.3 Å². The van der Waals surface area contributed by atoms with Gasteiger partial charge in [-0.25, -0.2) is 0 Å². The highest BCUT2D eigenvalue weighted by Crippen LogP contribution is 2.24. The summed E-state index contributed by atoms with van der Waals surface area (Å²) in [5, 5.41) is 3.23. The van der Waals surface area contributed by atoms with Crippen molar-refractivity contribution < 1.29 is 4.79 Å². The number of hydrogen-bond donors (Lipinski definition) is 2. The smallest absolute Gasteiger partial charge is 0.245 e. The molecule has 1 amide bonds. The van der Waals surface area contributed by atoms with Gasteiger partial charge in [-0.1, -0.05) is 19.1 Å². The predicted molar refractivity (Wildman–Crippen MR) is 58.7 cm³/mol. The van der Waals surface area contributed by atoms with Crippen LogP contribution >= 0.6 is 0 Å². The average molecular weight is 207 g/mol. The number of amides is 1. The van der Waals surface area contributed by atoms with E-state index in [4.69, 9.17) is 5.73 Å². The van der Waals surface area contributed by atoms with E-state index >= 15 is 0 Å². The summed E-state index contributed by atoms with van der Waals surface area (Å²) in [6.07, 6.45) is 5.24. The molecule has 0 aromatic carbocycles. The van der Waals surface area contributed by atoms with Crippen molar-refractivity contribution in [2.24, 2.45) is 11.7 Å². The first-order valence-corrected chi connectivity index (χ1v) is 5.29. The van der Waals surface area contributed by atoms with E-state index in [-0.39, 0.29) is 5.91 Å². The van der Waals surface area contributed by atoms with Crippen LogP contribution < -0.4 is 11.1 Å². The number of hydrogen-bond acceptors (Lipinski definition) is 3. The van der Waals surface area contributed by atoms with Crippen molar-refractivity contribution in [3.63, 3.8) is 0 Å². The van der Waals surface area contributed by atoms with Gasteiger partial charge in [-0.15, -0.1) is 0 Å². The molecule has 0 aromatic rings. The van der Waals surface area contributed by atoms with Crippen molar-refractivity contribution in [2.75, 3.05) is 13.6 Å². The Morgan fingerprint density at radius 3 is 3.07 bits per heavy atom. The Morgan fingerprint density at radius 2 is 2.33 bits per heavy atom. The van der Waals surface area contributed by atoms with Gasteiger partial charge >= 0.3 is 0 Å². The Kier molecular flexibility index (Phi) is 2.52. The first-order chi connectivity index (χ1) is 7.09. The number of likely N-dealkylation sites (N-methyl/N-ethyl adjacent to an activating group) is 1. The number of nitrogens with zero attached hydrogens (tertiary/aromatic N) is 1. The number of carbonyl (C=O) groups is 1. The van der Waals surface area contributed by atoms with Gasteiger partial charge in [-0.3, -0.25) is 4.79 Å². The summed E-state index contributed by atoms with van der Waals surface area (Å²) in [6.45, 7) is 2.67. The molecule has 2 atom stereocenters. The highest BCUT2D eigenvalue weighted by molar-refractivity contribution is 5.84. The summed E-state index contributed by atoms with van der Waals surface area (Å²) in [4.78, 5) is 13.4. The first kappa shape index (κ1) is 10.2. The van der Waals surface area contributed by atoms with Crippen molar-refractivity contribution in [1.82, 2.24) is 10.2 Å². The second kappa shape index (κ2) is 3.70. The second-order valence-corrected chi connectivity index (χ2v) is 4.27. The van der Waals surface area contributed by atoms with Crippen LogP contribution in [0.2, 0.25) is 0 Å². The molecule has 82 valence electrons. The number of fused-ring (bicyclic) bond motifs is 1. The highest BCUT2D eigenvalue weighted by atomic mass is 16.2. The molecule has 4 heteroatoms. The normalized spacial score (nSPS) is 31.1. The second-order valence-electron chi connectivity index (χ2n) is 4.27. The Balaban J connectivity index is 2.33. The molecule has 1 heterocycles. The van der Waals surface area contributed by atoms with Gasteiger partial charge in [-0.2, -0.15) is 0 Å². The van der Waals surface area contributed by atoms with Crippen molar-refractivity contribution in [3.05, 3.63) is 23.5 Å². The maximum atomic E-state index is 11.8. The lowest BCUT2D eigenvalue weighted by molar-refractivity contribution is -0.128. The maximum Gasteiger partial charge on any atom is 0.245 e. The number of nitrogens with two attached hydrogens (primary N) is 1. The monoisotopic (exact) mass is 207 g/mol. The Hall–Kier alpha value is -1.29. The quantitative estimate of drug-likeness (QED) is 0.596. The molecule has 1 fully saturated rings. The molecule has 4 nitrogen and oxygen atoms in total. The zero-order valence-electron chi connectivity index (χ0n) is 9.16. The van der Waals surface area contributed by atoms with Crippen LogP contribution in [-0.2, 0) is 4.79 Å². The minimum absolute atomic E-state index is 0.0216. The van der Waals surface area contributed by atoms with Gasteiger partial charge in [0.15, 0.2) is 0 Å². The van der Waals surface area contributed by atoms with Crippen LogP contribution in [0.4, 0.5) is 0 Å². The number of nitrogens with one attached hydrogen (secondary N) is 1. The van der Waals surface area contributed by atoms with E-state index < -0.39 is 6.04 Å². The van der Waals surface area contributed by atoms with Crippen LogP contribution in [-0.4, -0.2) is 30.4 Å². The predicted octanol–water partition coefficient (Wildman–Crippen LogP) is 0.183. The van der Waals surface area contributed by atoms with Crippen LogP contribution in [0.25, 0.3) is 0 Å². The van der Waals surface area contributed by atoms with Crippen LogP contribution in [0.1, 0.15) is 13.3 Å². The Morgan fingerprint density at radius 1 is 1.60 bits per heavy atom. The average Bonchev–Trinajstić information content (AvgIpc) is 2.32. The lowest BCUT2D eigenvalue weighted by Crippen LogP contribution is -2.42. The van der Waals surface area contributed by atoms with E-state index in [0.29, 0.717) is 12.5 Å². The number of rotatable bonds is 0. The van der Waals surface area contributed by atoms with Crippen LogP contribution in [0.3, 0.4) is 0 Å². The minimum atomic E-state index is -0.447. The molecule has 1 unspecified atom stereocenters. The maximum absolute atomic E-state index is 11.8. The summed E-state index contributed by atoms with van der Waals surface area (Å²) in [7, 11) is 1.78. The van der Waals surface area contributed by atoms with E-state index in [2.05, 4.69) is 24.4 Å². The van der Waals surface area contributed by atoms with E-state index in [0.717, 1.165) is 17.8 Å². The molecule has 15 heavy (non-hydrogen) atoms. The molecule has 1 aliphatic heterocycles. The van der Waals surface area contributed by atoms with Crippen LogP contribution in [0.5, 0.6) is 0 Å². The van der Waals surface area contributed by atoms with Gasteiger partial charge < -0.3 is 16.0 Å². The summed E-state index contributed by atoms with van der Waals surface area (Å²) in [5.74, 6) is 0.501. The van der Waals surface area contributed by atoms with Crippen LogP contribution in [0, 0.1) is 5.92 Å². The molecule has 1 aliphatic carbocycles. The molecule has 2 aliphatic rings. The van der Waals surface area contributed by atoms with Gasteiger partial charge in [0.1, 0.15) is 6.04 Å². The fraction of sp³-hybridized carbons (Fsp3) is 0.545. The third-order valence-corrected chi connectivity index (χ3v) is 2.93. The summed E-state index contributed by atoms with van der Waals surface area (Å²) in [5.41, 5.74) is 7.75. The molecule has 0 spiro atoms. The SMILES string of the molecule is CC1C=C2NC[C@H](N)C(=O)N(C)C2=CC1. The highest BCUT2D eigenvalue weighted by Gasteiger charge is 2.28. The van der Waals surface area contributed by atoms with Crippen molar-refractivity contribution in [2.45, 2.75) is 19.4 Å². The van der Waals surface area contributed by atoms with Crippen molar-refractivity contribution in [1.29, 1.82) is 0 Å². The van der Waals surface area contributed by atoms with Crippen molar-refractivity contribution >= 4 is 5.91 Å². The van der Waals surface area contributed by atoms with Crippen LogP contribution in [0.15, 0.2) is 23.5 Å². The molecular weight excluding hydrogens is 190 g/mol. The molecule has 2 rings (SSSR count). The Labute approximate surface area is 89.8 Å². The van der Waals surface area contributed by atoms with E-state index in [1.165, 1.54) is 0 Å². The molecule has 3 N–H and O–H groups in total. The molecule has 0 radical (unpaired) electrons. The Bertz CT molecular complexity index is 346. The van der Waals surface area contributed by atoms with E-state index in [1.807, 2.05) is 0 Å². The molecule has 0 bridgehead atoms. The largest absolute Gasteiger partial charge is 0.382 e. The van der Waals surface area contributed by atoms with Gasteiger partial charge in [0.05, 0.1) is 11.4 Å². The number of carbonyl (C=O) groups excluding carboxylic acids is 1. The van der Waals surface area contributed by atoms with E-state index in [1.54, 1.807) is 11.9 Å².